The zero-order chi connectivity index (χ0) is 9.42. The fraction of sp³-hybridized carbons (Fsp3) is 0.111. The highest BCUT2D eigenvalue weighted by Crippen LogP contribution is 2.13. The second kappa shape index (κ2) is 2.85. The molecule has 0 unspecified atom stereocenters. The average molecular weight is 195 g/mol. The number of nitrogens with zero attached hydrogens (tertiary/aromatic N) is 2. The van der Waals surface area contributed by atoms with Crippen molar-refractivity contribution in [2.75, 3.05) is 0 Å². The number of fused-ring (bicyclic) bond motifs is 1. The van der Waals surface area contributed by atoms with Gasteiger partial charge >= 0.3 is 0 Å². The Kier molecular flexibility index (Phi) is 1.81. The minimum atomic E-state index is 0.0201. The molecular weight excluding hydrogens is 188 g/mol. The predicted octanol–water partition coefficient (Wildman–Crippen LogP) is 2.19. The van der Waals surface area contributed by atoms with Crippen LogP contribution in [0.5, 0.6) is 0 Å². The van der Waals surface area contributed by atoms with E-state index in [9.17, 15) is 4.79 Å². The van der Waals surface area contributed by atoms with Gasteiger partial charge in [0.1, 0.15) is 10.8 Å². The van der Waals surface area contributed by atoms with Crippen molar-refractivity contribution in [1.82, 2.24) is 9.38 Å². The minimum Gasteiger partial charge on any atom is -0.294 e. The number of imidazole rings is 1. The van der Waals surface area contributed by atoms with Gasteiger partial charge in [-0.15, -0.1) is 0 Å². The van der Waals surface area contributed by atoms with Gasteiger partial charge in [0, 0.05) is 11.8 Å². The minimum absolute atomic E-state index is 0.0201. The fourth-order valence-corrected chi connectivity index (χ4v) is 1.34. The number of Topliss-reactive ketones (excluding diaryl/α,β-unsaturated/α-hetero) is 1. The van der Waals surface area contributed by atoms with E-state index in [1.165, 1.54) is 6.92 Å². The number of hydrogen-bond donors (Lipinski definition) is 0. The normalized spacial score (nSPS) is 10.6. The van der Waals surface area contributed by atoms with E-state index in [1.807, 2.05) is 0 Å². The van der Waals surface area contributed by atoms with Crippen molar-refractivity contribution in [3.8, 4) is 0 Å². The van der Waals surface area contributed by atoms with Crippen molar-refractivity contribution < 1.29 is 4.79 Å². The van der Waals surface area contributed by atoms with Gasteiger partial charge in [0.25, 0.3) is 0 Å². The molecule has 0 aliphatic heterocycles. The molecule has 0 saturated heterocycles. The van der Waals surface area contributed by atoms with Crippen molar-refractivity contribution in [1.29, 1.82) is 0 Å². The molecule has 0 spiro atoms. The van der Waals surface area contributed by atoms with Crippen LogP contribution in [0.15, 0.2) is 24.5 Å². The van der Waals surface area contributed by atoms with Gasteiger partial charge in [0.05, 0.1) is 6.20 Å². The second-order valence-electron chi connectivity index (χ2n) is 2.78. The van der Waals surface area contributed by atoms with E-state index in [-0.39, 0.29) is 5.78 Å². The van der Waals surface area contributed by atoms with Gasteiger partial charge in [0.15, 0.2) is 5.78 Å². The lowest BCUT2D eigenvalue weighted by Gasteiger charge is -1.97. The molecule has 66 valence electrons. The highest BCUT2D eigenvalue weighted by molar-refractivity contribution is 6.29. The van der Waals surface area contributed by atoms with Gasteiger partial charge in [-0.2, -0.15) is 0 Å². The van der Waals surface area contributed by atoms with Gasteiger partial charge in [-0.3, -0.25) is 9.20 Å². The number of pyridine rings is 1. The Hall–Kier alpha value is -1.35. The quantitative estimate of drug-likeness (QED) is 0.653. The van der Waals surface area contributed by atoms with E-state index in [0.29, 0.717) is 10.7 Å². The van der Waals surface area contributed by atoms with Crippen molar-refractivity contribution in [3.63, 3.8) is 0 Å². The third kappa shape index (κ3) is 1.31. The van der Waals surface area contributed by atoms with E-state index in [0.717, 1.165) is 5.65 Å². The largest absolute Gasteiger partial charge is 0.294 e. The molecular formula is C9H7ClN2O. The summed E-state index contributed by atoms with van der Waals surface area (Å²) in [5.74, 6) is 0.0201. The van der Waals surface area contributed by atoms with Crippen molar-refractivity contribution in [2.45, 2.75) is 6.92 Å². The summed E-state index contributed by atoms with van der Waals surface area (Å²) in [5, 5.41) is 0.512. The monoisotopic (exact) mass is 194 g/mol. The first-order valence-electron chi connectivity index (χ1n) is 3.82. The molecule has 2 aromatic rings. The maximum Gasteiger partial charge on any atom is 0.161 e. The first-order chi connectivity index (χ1) is 6.18. The molecule has 0 fully saturated rings. The molecule has 0 saturated carbocycles. The molecule has 0 radical (unpaired) electrons. The lowest BCUT2D eigenvalue weighted by molar-refractivity contribution is 0.101. The Morgan fingerprint density at radius 3 is 3.00 bits per heavy atom. The maximum atomic E-state index is 11.0. The molecule has 0 bridgehead atoms. The smallest absolute Gasteiger partial charge is 0.161 e. The van der Waals surface area contributed by atoms with E-state index in [4.69, 9.17) is 11.6 Å². The zero-order valence-electron chi connectivity index (χ0n) is 6.99. The van der Waals surface area contributed by atoms with Gasteiger partial charge in [-0.1, -0.05) is 11.6 Å². The Labute approximate surface area is 80.0 Å². The lowest BCUT2D eigenvalue weighted by Crippen LogP contribution is -1.95. The summed E-state index contributed by atoms with van der Waals surface area (Å²) in [4.78, 5) is 15.1. The standard InChI is InChI=1S/C9H7ClN2O/c1-6(13)7-2-3-9-11-4-8(10)12(9)5-7/h2-5H,1H3. The van der Waals surface area contributed by atoms with Crippen molar-refractivity contribution in [2.24, 2.45) is 0 Å². The predicted molar refractivity (Wildman–Crippen MR) is 50.2 cm³/mol. The number of rotatable bonds is 1. The number of ketones is 1. The summed E-state index contributed by atoms with van der Waals surface area (Å²) in [6.45, 7) is 1.52. The Morgan fingerprint density at radius 2 is 2.31 bits per heavy atom. The van der Waals surface area contributed by atoms with Crippen molar-refractivity contribution >= 4 is 23.0 Å². The number of halogens is 1. The highest BCUT2D eigenvalue weighted by Gasteiger charge is 2.03. The molecule has 0 amide bonds. The third-order valence-electron chi connectivity index (χ3n) is 1.87. The van der Waals surface area contributed by atoms with Crippen LogP contribution in [0.4, 0.5) is 0 Å². The number of aromatic nitrogens is 2. The molecule has 0 aliphatic carbocycles. The topological polar surface area (TPSA) is 34.4 Å². The van der Waals surface area contributed by atoms with E-state index in [2.05, 4.69) is 4.98 Å². The van der Waals surface area contributed by atoms with Crippen LogP contribution in [-0.4, -0.2) is 15.2 Å². The number of hydrogen-bond acceptors (Lipinski definition) is 2. The van der Waals surface area contributed by atoms with Crippen LogP contribution in [0, 0.1) is 0 Å². The summed E-state index contributed by atoms with van der Waals surface area (Å²) < 4.78 is 1.68. The second-order valence-corrected chi connectivity index (χ2v) is 3.17. The molecule has 3 nitrogen and oxygen atoms in total. The van der Waals surface area contributed by atoms with Crippen LogP contribution < -0.4 is 0 Å². The molecule has 0 aliphatic rings. The van der Waals surface area contributed by atoms with Crippen molar-refractivity contribution in [3.05, 3.63) is 35.2 Å². The molecule has 0 atom stereocenters. The van der Waals surface area contributed by atoms with Crippen LogP contribution in [0.2, 0.25) is 5.15 Å². The first-order valence-corrected chi connectivity index (χ1v) is 4.20. The summed E-state index contributed by atoms with van der Waals surface area (Å²) >= 11 is 5.84. The molecule has 13 heavy (non-hydrogen) atoms. The van der Waals surface area contributed by atoms with Gasteiger partial charge in [-0.05, 0) is 19.1 Å². The highest BCUT2D eigenvalue weighted by atomic mass is 35.5. The fourth-order valence-electron chi connectivity index (χ4n) is 1.16. The average Bonchev–Trinajstić information content (AvgIpc) is 2.47. The summed E-state index contributed by atoms with van der Waals surface area (Å²) in [6.07, 6.45) is 3.24. The lowest BCUT2D eigenvalue weighted by atomic mass is 10.2. The van der Waals surface area contributed by atoms with Gasteiger partial charge < -0.3 is 0 Å². The Morgan fingerprint density at radius 1 is 1.54 bits per heavy atom. The molecule has 0 N–H and O–H groups in total. The first kappa shape index (κ1) is 8.26. The van der Waals surface area contributed by atoms with E-state index in [1.54, 1.807) is 28.9 Å². The molecule has 2 rings (SSSR count). The van der Waals surface area contributed by atoms with Crippen LogP contribution in [0.25, 0.3) is 5.65 Å². The summed E-state index contributed by atoms with van der Waals surface area (Å²) in [7, 11) is 0. The Bertz CT molecular complexity index is 475. The van der Waals surface area contributed by atoms with Crippen LogP contribution in [0.1, 0.15) is 17.3 Å². The number of carbonyl (C=O) groups is 1. The SMILES string of the molecule is CC(=O)c1ccc2ncc(Cl)n2c1. The molecule has 0 aromatic carbocycles. The molecule has 4 heteroatoms. The van der Waals surface area contributed by atoms with Gasteiger partial charge in [0.2, 0.25) is 0 Å². The van der Waals surface area contributed by atoms with E-state index < -0.39 is 0 Å². The summed E-state index contributed by atoms with van der Waals surface area (Å²) in [6, 6.07) is 3.50. The van der Waals surface area contributed by atoms with Crippen LogP contribution in [-0.2, 0) is 0 Å². The molecule has 2 aromatic heterocycles. The van der Waals surface area contributed by atoms with E-state index >= 15 is 0 Å². The maximum absolute atomic E-state index is 11.0. The van der Waals surface area contributed by atoms with Gasteiger partial charge in [-0.25, -0.2) is 4.98 Å². The Balaban J connectivity index is 2.72. The third-order valence-corrected chi connectivity index (χ3v) is 2.15. The van der Waals surface area contributed by atoms with Crippen LogP contribution >= 0.6 is 11.6 Å². The van der Waals surface area contributed by atoms with Crippen LogP contribution in [0.3, 0.4) is 0 Å². The molecule has 2 heterocycles. The zero-order valence-corrected chi connectivity index (χ0v) is 7.75. The number of carbonyl (C=O) groups excluding carboxylic acids is 1. The summed E-state index contributed by atoms with van der Waals surface area (Å²) in [5.41, 5.74) is 1.38.